The van der Waals surface area contributed by atoms with Gasteiger partial charge in [-0.15, -0.1) is 10.2 Å². The van der Waals surface area contributed by atoms with Gasteiger partial charge in [0.05, 0.1) is 24.5 Å². The summed E-state index contributed by atoms with van der Waals surface area (Å²) in [6.07, 6.45) is 1.51. The summed E-state index contributed by atoms with van der Waals surface area (Å²) in [6.45, 7) is 3.69. The van der Waals surface area contributed by atoms with E-state index in [0.717, 1.165) is 0 Å². The highest BCUT2D eigenvalue weighted by atomic mass is 32.2. The number of carbonyl (C=O) groups is 2. The van der Waals surface area contributed by atoms with E-state index in [-0.39, 0.29) is 24.3 Å². The number of amides is 2. The van der Waals surface area contributed by atoms with Crippen LogP contribution in [-0.4, -0.2) is 40.6 Å². The molecular weight excluding hydrogens is 348 g/mol. The number of aromatic nitrogens is 2. The Kier molecular flexibility index (Phi) is 5.08. The highest BCUT2D eigenvalue weighted by molar-refractivity contribution is 7.99. The molecular formula is C15H16N4O5S. The summed E-state index contributed by atoms with van der Waals surface area (Å²) in [7, 11) is 0. The summed E-state index contributed by atoms with van der Waals surface area (Å²) in [6, 6.07) is 2.59. The lowest BCUT2D eigenvalue weighted by Crippen LogP contribution is -2.49. The zero-order chi connectivity index (χ0) is 17.8. The smallest absolute Gasteiger partial charge is 0.337 e. The molecule has 0 unspecified atom stereocenters. The van der Waals surface area contributed by atoms with Gasteiger partial charge in [-0.2, -0.15) is 0 Å². The molecule has 1 atom stereocenters. The van der Waals surface area contributed by atoms with Crippen molar-refractivity contribution >= 4 is 23.8 Å². The summed E-state index contributed by atoms with van der Waals surface area (Å²) in [4.78, 5) is 23.9. The average molecular weight is 364 g/mol. The summed E-state index contributed by atoms with van der Waals surface area (Å²) in [5.74, 6) is 0.524. The second-order valence-electron chi connectivity index (χ2n) is 5.07. The molecule has 2 amide bonds. The molecule has 0 aliphatic carbocycles. The molecule has 0 spiro atoms. The average Bonchev–Trinajstić information content (AvgIpc) is 3.23. The molecule has 2 N–H and O–H groups in total. The van der Waals surface area contributed by atoms with Crippen LogP contribution in [0.25, 0.3) is 11.7 Å². The van der Waals surface area contributed by atoms with Gasteiger partial charge in [0.15, 0.2) is 5.76 Å². The normalized spacial score (nSPS) is 17.2. The quantitative estimate of drug-likeness (QED) is 0.589. The summed E-state index contributed by atoms with van der Waals surface area (Å²) >= 11 is 1.20. The molecule has 0 saturated carbocycles. The summed E-state index contributed by atoms with van der Waals surface area (Å²) in [5, 5.41) is 13.4. The van der Waals surface area contributed by atoms with Gasteiger partial charge in [-0.1, -0.05) is 11.8 Å². The van der Waals surface area contributed by atoms with Gasteiger partial charge in [0, 0.05) is 11.4 Å². The molecule has 0 bridgehead atoms. The fourth-order valence-corrected chi connectivity index (χ4v) is 3.03. The molecule has 0 radical (unpaired) electrons. The molecule has 9 nitrogen and oxygen atoms in total. The van der Waals surface area contributed by atoms with E-state index in [1.54, 1.807) is 26.0 Å². The molecule has 3 rings (SSSR count). The van der Waals surface area contributed by atoms with Crippen LogP contribution in [0.4, 0.5) is 4.79 Å². The Bertz CT molecular complexity index is 799. The summed E-state index contributed by atoms with van der Waals surface area (Å²) < 4.78 is 15.7. The van der Waals surface area contributed by atoms with E-state index >= 15 is 0 Å². The van der Waals surface area contributed by atoms with E-state index in [1.807, 2.05) is 0 Å². The minimum atomic E-state index is -0.472. The second kappa shape index (κ2) is 7.43. The fraction of sp³-hybridized carbons (Fsp3) is 0.333. The maximum absolute atomic E-state index is 12.2. The third-order valence-electron chi connectivity index (χ3n) is 3.34. The van der Waals surface area contributed by atoms with Crippen molar-refractivity contribution in [3.05, 3.63) is 29.7 Å². The zero-order valence-electron chi connectivity index (χ0n) is 13.6. The van der Waals surface area contributed by atoms with Crippen molar-refractivity contribution in [1.82, 2.24) is 20.8 Å². The predicted octanol–water partition coefficient (Wildman–Crippen LogP) is 1.94. The topological polar surface area (TPSA) is 119 Å². The van der Waals surface area contributed by atoms with E-state index in [2.05, 4.69) is 20.8 Å². The molecule has 0 fully saturated rings. The Balaban J connectivity index is 1.75. The number of hydrogen-bond donors (Lipinski definition) is 2. The molecule has 2 aromatic heterocycles. The SMILES string of the molecule is CCOC(=O)C1=C(CSc2nnc(-c3ccco3)o2)NC(=O)N[C@H]1C. The first kappa shape index (κ1) is 17.1. The van der Waals surface area contributed by atoms with E-state index in [4.69, 9.17) is 13.6 Å². The Hall–Kier alpha value is -2.75. The van der Waals surface area contributed by atoms with Gasteiger partial charge in [-0.3, -0.25) is 0 Å². The third-order valence-corrected chi connectivity index (χ3v) is 4.19. The lowest BCUT2D eigenvalue weighted by Gasteiger charge is -2.26. The Morgan fingerprint density at radius 2 is 2.28 bits per heavy atom. The van der Waals surface area contributed by atoms with Crippen molar-refractivity contribution in [2.75, 3.05) is 12.4 Å². The number of ether oxygens (including phenoxy) is 1. The van der Waals surface area contributed by atoms with E-state index in [0.29, 0.717) is 22.3 Å². The number of furan rings is 1. The Labute approximate surface area is 147 Å². The standard InChI is InChI=1S/C15H16N4O5S/c1-3-22-13(20)11-8(2)16-14(21)17-9(11)7-25-15-19-18-12(24-15)10-5-4-6-23-10/h4-6,8H,3,7H2,1-2H3,(H2,16,17,21)/t8-/m0/s1. The minimum Gasteiger partial charge on any atom is -0.463 e. The lowest BCUT2D eigenvalue weighted by molar-refractivity contribution is -0.138. The highest BCUT2D eigenvalue weighted by Crippen LogP contribution is 2.26. The van der Waals surface area contributed by atoms with Crippen LogP contribution in [0.15, 0.2) is 43.7 Å². The molecule has 1 aliphatic heterocycles. The Morgan fingerprint density at radius 1 is 1.44 bits per heavy atom. The monoisotopic (exact) mass is 364 g/mol. The minimum absolute atomic E-state index is 0.250. The third kappa shape index (κ3) is 3.85. The van der Waals surface area contributed by atoms with Crippen molar-refractivity contribution < 1.29 is 23.2 Å². The number of hydrogen-bond acceptors (Lipinski definition) is 8. The molecule has 25 heavy (non-hydrogen) atoms. The molecule has 3 heterocycles. The number of nitrogens with zero attached hydrogens (tertiary/aromatic N) is 2. The first-order valence-electron chi connectivity index (χ1n) is 7.56. The Morgan fingerprint density at radius 3 is 3.00 bits per heavy atom. The lowest BCUT2D eigenvalue weighted by atomic mass is 10.1. The van der Waals surface area contributed by atoms with Crippen molar-refractivity contribution in [2.24, 2.45) is 0 Å². The number of nitrogens with one attached hydrogen (secondary N) is 2. The molecule has 2 aromatic rings. The van der Waals surface area contributed by atoms with E-state index in [1.165, 1.54) is 18.0 Å². The number of thioether (sulfide) groups is 1. The number of urea groups is 1. The van der Waals surface area contributed by atoms with Crippen LogP contribution < -0.4 is 10.6 Å². The summed E-state index contributed by atoms with van der Waals surface area (Å²) in [5.41, 5.74) is 0.831. The van der Waals surface area contributed by atoms with Crippen LogP contribution in [0.5, 0.6) is 0 Å². The van der Waals surface area contributed by atoms with Crippen LogP contribution >= 0.6 is 11.8 Å². The van der Waals surface area contributed by atoms with Crippen LogP contribution in [0, 0.1) is 0 Å². The zero-order valence-corrected chi connectivity index (χ0v) is 14.4. The molecule has 0 aromatic carbocycles. The van der Waals surface area contributed by atoms with Gasteiger partial charge in [-0.25, -0.2) is 9.59 Å². The maximum atomic E-state index is 12.2. The van der Waals surface area contributed by atoms with Gasteiger partial charge in [0.1, 0.15) is 0 Å². The van der Waals surface area contributed by atoms with Crippen LogP contribution in [0.2, 0.25) is 0 Å². The fourth-order valence-electron chi connectivity index (χ4n) is 2.30. The van der Waals surface area contributed by atoms with Crippen molar-refractivity contribution in [3.8, 4) is 11.7 Å². The van der Waals surface area contributed by atoms with Crippen LogP contribution in [0.3, 0.4) is 0 Å². The first-order chi connectivity index (χ1) is 12.1. The van der Waals surface area contributed by atoms with Crippen LogP contribution in [0.1, 0.15) is 13.8 Å². The van der Waals surface area contributed by atoms with Crippen molar-refractivity contribution in [2.45, 2.75) is 25.1 Å². The highest BCUT2D eigenvalue weighted by Gasteiger charge is 2.30. The molecule has 0 saturated heterocycles. The second-order valence-corrected chi connectivity index (χ2v) is 6.00. The van der Waals surface area contributed by atoms with E-state index in [9.17, 15) is 9.59 Å². The number of rotatable bonds is 6. The van der Waals surface area contributed by atoms with Crippen molar-refractivity contribution in [1.29, 1.82) is 0 Å². The number of carbonyl (C=O) groups excluding carboxylic acids is 2. The molecule has 132 valence electrons. The molecule has 1 aliphatic rings. The van der Waals surface area contributed by atoms with Gasteiger partial charge in [-0.05, 0) is 26.0 Å². The van der Waals surface area contributed by atoms with E-state index < -0.39 is 12.0 Å². The van der Waals surface area contributed by atoms with Crippen LogP contribution in [-0.2, 0) is 9.53 Å². The maximum Gasteiger partial charge on any atom is 0.337 e. The molecule has 10 heteroatoms. The van der Waals surface area contributed by atoms with Gasteiger partial charge < -0.3 is 24.2 Å². The first-order valence-corrected chi connectivity index (χ1v) is 8.55. The largest absolute Gasteiger partial charge is 0.463 e. The van der Waals surface area contributed by atoms with Gasteiger partial charge in [0.25, 0.3) is 11.1 Å². The van der Waals surface area contributed by atoms with Crippen molar-refractivity contribution in [3.63, 3.8) is 0 Å². The van der Waals surface area contributed by atoms with Gasteiger partial charge >= 0.3 is 12.0 Å². The number of esters is 1. The van der Waals surface area contributed by atoms with Gasteiger partial charge in [0.2, 0.25) is 0 Å². The predicted molar refractivity (Wildman–Crippen MR) is 87.5 cm³/mol.